The van der Waals surface area contributed by atoms with Crippen molar-refractivity contribution in [3.63, 3.8) is 0 Å². The van der Waals surface area contributed by atoms with Crippen LogP contribution in [0.3, 0.4) is 0 Å². The molecule has 0 radical (unpaired) electrons. The second kappa shape index (κ2) is 6.49. The fraction of sp³-hybridized carbons (Fsp3) is 0.278. The maximum Gasteiger partial charge on any atom is 0.156 e. The normalized spacial score (nSPS) is 13.8. The summed E-state index contributed by atoms with van der Waals surface area (Å²) in [5, 5.41) is 0.312. The molecule has 0 spiro atoms. The molecule has 0 atom stereocenters. The average molecular weight is 318 g/mol. The van der Waals surface area contributed by atoms with Gasteiger partial charge in [-0.25, -0.2) is 4.39 Å². The van der Waals surface area contributed by atoms with Crippen molar-refractivity contribution in [3.8, 4) is 0 Å². The SMILES string of the molecule is O=C(Cc1c(F)cccc1Cl)CN1CCCc2ccccc21. The number of nitrogens with zero attached hydrogens (tertiary/aromatic N) is 1. The molecule has 1 heterocycles. The Labute approximate surface area is 134 Å². The molecule has 1 aliphatic heterocycles. The van der Waals surface area contributed by atoms with E-state index in [1.807, 2.05) is 18.2 Å². The molecule has 0 unspecified atom stereocenters. The minimum atomic E-state index is -0.417. The third kappa shape index (κ3) is 3.14. The molecule has 0 amide bonds. The van der Waals surface area contributed by atoms with Crippen LogP contribution in [-0.4, -0.2) is 18.9 Å². The van der Waals surface area contributed by atoms with Gasteiger partial charge in [0.05, 0.1) is 6.54 Å². The molecule has 0 bridgehead atoms. The predicted octanol–water partition coefficient (Wildman–Crippen LogP) is 4.04. The van der Waals surface area contributed by atoms with Gasteiger partial charge in [0.25, 0.3) is 0 Å². The van der Waals surface area contributed by atoms with E-state index in [9.17, 15) is 9.18 Å². The van der Waals surface area contributed by atoms with Gasteiger partial charge >= 0.3 is 0 Å². The Kier molecular flexibility index (Phi) is 4.44. The second-order valence-electron chi connectivity index (χ2n) is 5.57. The highest BCUT2D eigenvalue weighted by molar-refractivity contribution is 6.31. The Hall–Kier alpha value is -1.87. The smallest absolute Gasteiger partial charge is 0.156 e. The topological polar surface area (TPSA) is 20.3 Å². The minimum absolute atomic E-state index is 0.0243. The fourth-order valence-corrected chi connectivity index (χ4v) is 3.17. The average Bonchev–Trinajstić information content (AvgIpc) is 2.51. The molecule has 22 heavy (non-hydrogen) atoms. The Morgan fingerprint density at radius 1 is 1.18 bits per heavy atom. The maximum atomic E-state index is 13.8. The van der Waals surface area contributed by atoms with Crippen LogP contribution in [0, 0.1) is 5.82 Å². The number of rotatable bonds is 4. The van der Waals surface area contributed by atoms with Crippen molar-refractivity contribution in [2.45, 2.75) is 19.3 Å². The van der Waals surface area contributed by atoms with Crippen LogP contribution in [0.5, 0.6) is 0 Å². The van der Waals surface area contributed by atoms with Gasteiger partial charge in [0.1, 0.15) is 5.82 Å². The highest BCUT2D eigenvalue weighted by Gasteiger charge is 2.20. The van der Waals surface area contributed by atoms with Gasteiger partial charge in [-0.3, -0.25) is 4.79 Å². The molecule has 0 saturated carbocycles. The maximum absolute atomic E-state index is 13.8. The number of ketones is 1. The van der Waals surface area contributed by atoms with Gasteiger partial charge < -0.3 is 4.90 Å². The van der Waals surface area contributed by atoms with Gasteiger partial charge in [-0.05, 0) is 36.6 Å². The van der Waals surface area contributed by atoms with Gasteiger partial charge in [0.15, 0.2) is 5.78 Å². The van der Waals surface area contributed by atoms with Crippen molar-refractivity contribution in [3.05, 3.63) is 64.4 Å². The van der Waals surface area contributed by atoms with Gasteiger partial charge in [0, 0.05) is 29.2 Å². The van der Waals surface area contributed by atoms with E-state index in [2.05, 4.69) is 11.0 Å². The molecule has 2 nitrogen and oxygen atoms in total. The Balaban J connectivity index is 1.73. The Morgan fingerprint density at radius 2 is 2.00 bits per heavy atom. The number of aryl methyl sites for hydroxylation is 1. The van der Waals surface area contributed by atoms with E-state index in [1.54, 1.807) is 12.1 Å². The molecule has 0 saturated heterocycles. The first-order valence-corrected chi connectivity index (χ1v) is 7.80. The summed E-state index contributed by atoms with van der Waals surface area (Å²) >= 11 is 5.99. The lowest BCUT2D eigenvalue weighted by atomic mass is 10.0. The lowest BCUT2D eigenvalue weighted by Gasteiger charge is -2.30. The fourth-order valence-electron chi connectivity index (χ4n) is 2.94. The number of para-hydroxylation sites is 1. The number of anilines is 1. The summed E-state index contributed by atoms with van der Waals surface area (Å²) in [5.41, 5.74) is 2.67. The first-order chi connectivity index (χ1) is 10.6. The van der Waals surface area contributed by atoms with E-state index in [4.69, 9.17) is 11.6 Å². The van der Waals surface area contributed by atoms with Crippen molar-refractivity contribution < 1.29 is 9.18 Å². The molecule has 114 valence electrons. The van der Waals surface area contributed by atoms with E-state index < -0.39 is 5.82 Å². The molecule has 1 aliphatic rings. The highest BCUT2D eigenvalue weighted by atomic mass is 35.5. The molecule has 0 fully saturated rings. The van der Waals surface area contributed by atoms with Crippen LogP contribution in [0.25, 0.3) is 0 Å². The zero-order valence-electron chi connectivity index (χ0n) is 12.2. The molecule has 0 aliphatic carbocycles. The van der Waals surface area contributed by atoms with Crippen LogP contribution < -0.4 is 4.90 Å². The molecule has 4 heteroatoms. The molecule has 2 aromatic carbocycles. The van der Waals surface area contributed by atoms with Crippen molar-refractivity contribution in [2.24, 2.45) is 0 Å². The van der Waals surface area contributed by atoms with Crippen molar-refractivity contribution in [1.29, 1.82) is 0 Å². The van der Waals surface area contributed by atoms with E-state index >= 15 is 0 Å². The van der Waals surface area contributed by atoms with Gasteiger partial charge in [0.2, 0.25) is 0 Å². The molecular weight excluding hydrogens is 301 g/mol. The van der Waals surface area contributed by atoms with Gasteiger partial charge in [-0.2, -0.15) is 0 Å². The second-order valence-corrected chi connectivity index (χ2v) is 5.98. The number of benzene rings is 2. The highest BCUT2D eigenvalue weighted by Crippen LogP contribution is 2.27. The summed E-state index contributed by atoms with van der Waals surface area (Å²) in [7, 11) is 0. The van der Waals surface area contributed by atoms with Gasteiger partial charge in [-0.15, -0.1) is 0 Å². The Morgan fingerprint density at radius 3 is 2.82 bits per heavy atom. The van der Waals surface area contributed by atoms with E-state index in [0.717, 1.165) is 25.1 Å². The molecule has 3 rings (SSSR count). The summed E-state index contributed by atoms with van der Waals surface area (Å²) in [6, 6.07) is 12.6. The summed E-state index contributed by atoms with van der Waals surface area (Å²) < 4.78 is 13.8. The van der Waals surface area contributed by atoms with Crippen LogP contribution in [-0.2, 0) is 17.6 Å². The number of carbonyl (C=O) groups excluding carboxylic acids is 1. The Bertz CT molecular complexity index is 681. The standard InChI is InChI=1S/C18H17ClFNO/c19-16-7-3-8-17(20)15(16)11-14(22)12-21-10-4-6-13-5-1-2-9-18(13)21/h1-3,5,7-9H,4,6,10-12H2. The third-order valence-corrected chi connectivity index (χ3v) is 4.36. The molecule has 0 aromatic heterocycles. The van der Waals surface area contributed by atoms with E-state index in [1.165, 1.54) is 11.6 Å². The summed E-state index contributed by atoms with van der Waals surface area (Å²) in [6.45, 7) is 1.15. The third-order valence-electron chi connectivity index (χ3n) is 4.01. The largest absolute Gasteiger partial charge is 0.364 e. The number of hydrogen-bond donors (Lipinski definition) is 0. The zero-order valence-corrected chi connectivity index (χ0v) is 12.9. The van der Waals surface area contributed by atoms with Crippen molar-refractivity contribution in [1.82, 2.24) is 0 Å². The van der Waals surface area contributed by atoms with Crippen molar-refractivity contribution >= 4 is 23.1 Å². The van der Waals surface area contributed by atoms with Crippen LogP contribution >= 0.6 is 11.6 Å². The minimum Gasteiger partial charge on any atom is -0.364 e. The van der Waals surface area contributed by atoms with Crippen LogP contribution in [0.2, 0.25) is 5.02 Å². The van der Waals surface area contributed by atoms with E-state index in [0.29, 0.717) is 17.1 Å². The number of halogens is 2. The van der Waals surface area contributed by atoms with Crippen LogP contribution in [0.4, 0.5) is 10.1 Å². The number of hydrogen-bond acceptors (Lipinski definition) is 2. The van der Waals surface area contributed by atoms with Gasteiger partial charge in [-0.1, -0.05) is 35.9 Å². The molecular formula is C18H17ClFNO. The monoisotopic (exact) mass is 317 g/mol. The first kappa shape index (κ1) is 15.0. The van der Waals surface area contributed by atoms with Crippen LogP contribution in [0.15, 0.2) is 42.5 Å². The molecule has 0 N–H and O–H groups in total. The number of carbonyl (C=O) groups is 1. The lowest BCUT2D eigenvalue weighted by molar-refractivity contribution is -0.117. The summed E-state index contributed by atoms with van der Waals surface area (Å²) in [4.78, 5) is 14.4. The van der Waals surface area contributed by atoms with Crippen molar-refractivity contribution in [2.75, 3.05) is 18.0 Å². The zero-order chi connectivity index (χ0) is 15.5. The lowest BCUT2D eigenvalue weighted by Crippen LogP contribution is -2.35. The first-order valence-electron chi connectivity index (χ1n) is 7.42. The number of Topliss-reactive ketones (excluding diaryl/α,β-unsaturated/α-hetero) is 1. The quantitative estimate of drug-likeness (QED) is 0.848. The predicted molar refractivity (Wildman–Crippen MR) is 87.1 cm³/mol. The summed E-state index contributed by atoms with van der Waals surface area (Å²) in [6.07, 6.45) is 2.11. The van der Waals surface area contributed by atoms with Crippen LogP contribution in [0.1, 0.15) is 17.5 Å². The molecule has 2 aromatic rings. The van der Waals surface area contributed by atoms with E-state index in [-0.39, 0.29) is 12.2 Å². The summed E-state index contributed by atoms with van der Waals surface area (Å²) in [5.74, 6) is -0.441. The number of fused-ring (bicyclic) bond motifs is 1.